The summed E-state index contributed by atoms with van der Waals surface area (Å²) >= 11 is 6.00. The fraction of sp³-hybridized carbons (Fsp3) is 0.250. The Morgan fingerprint density at radius 3 is 2.35 bits per heavy atom. The zero-order valence-electron chi connectivity index (χ0n) is 12.7. The van der Waals surface area contributed by atoms with Gasteiger partial charge in [-0.15, -0.1) is 0 Å². The van der Waals surface area contributed by atoms with Gasteiger partial charge >= 0.3 is 0 Å². The van der Waals surface area contributed by atoms with E-state index < -0.39 is 21.7 Å². The number of halogens is 2. The van der Waals surface area contributed by atoms with Gasteiger partial charge in [-0.05, 0) is 36.8 Å². The standard InChI is InChI=1S/C16H17ClFNO3S/c1-3-14(19)12-8-9-13(17)16(15(12)18)22-10-4-6-11(7-5-10)23(2,20)21/h4-9,14H,3,19H2,1-2H3/t14-/m1/s1. The highest BCUT2D eigenvalue weighted by Crippen LogP contribution is 2.36. The van der Waals surface area contributed by atoms with Crippen molar-refractivity contribution in [1.82, 2.24) is 0 Å². The average molecular weight is 358 g/mol. The highest BCUT2D eigenvalue weighted by molar-refractivity contribution is 7.90. The lowest BCUT2D eigenvalue weighted by Gasteiger charge is -2.15. The van der Waals surface area contributed by atoms with Crippen LogP contribution >= 0.6 is 11.6 Å². The molecule has 2 aromatic rings. The zero-order valence-corrected chi connectivity index (χ0v) is 14.3. The van der Waals surface area contributed by atoms with Crippen LogP contribution in [0, 0.1) is 5.82 Å². The molecule has 4 nitrogen and oxygen atoms in total. The summed E-state index contributed by atoms with van der Waals surface area (Å²) in [4.78, 5) is 0.151. The summed E-state index contributed by atoms with van der Waals surface area (Å²) in [6, 6.07) is 8.26. The van der Waals surface area contributed by atoms with Crippen molar-refractivity contribution < 1.29 is 17.5 Å². The SMILES string of the molecule is CC[C@@H](N)c1ccc(Cl)c(Oc2ccc(S(C)(=O)=O)cc2)c1F. The maximum Gasteiger partial charge on any atom is 0.181 e. The maximum atomic E-state index is 14.5. The van der Waals surface area contributed by atoms with E-state index in [0.29, 0.717) is 12.0 Å². The van der Waals surface area contributed by atoms with Crippen LogP contribution < -0.4 is 10.5 Å². The molecule has 0 saturated heterocycles. The van der Waals surface area contributed by atoms with Gasteiger partial charge in [-0.25, -0.2) is 12.8 Å². The molecule has 2 aromatic carbocycles. The van der Waals surface area contributed by atoms with E-state index in [1.807, 2.05) is 6.92 Å². The van der Waals surface area contributed by atoms with E-state index in [1.165, 1.54) is 36.4 Å². The minimum atomic E-state index is -3.30. The van der Waals surface area contributed by atoms with Crippen molar-refractivity contribution in [3.05, 3.63) is 52.8 Å². The maximum absolute atomic E-state index is 14.5. The largest absolute Gasteiger partial charge is 0.453 e. The van der Waals surface area contributed by atoms with Gasteiger partial charge in [-0.2, -0.15) is 0 Å². The van der Waals surface area contributed by atoms with Gasteiger partial charge in [0.15, 0.2) is 21.4 Å². The molecule has 7 heteroatoms. The Balaban J connectivity index is 2.36. The number of rotatable bonds is 5. The number of hydrogen-bond acceptors (Lipinski definition) is 4. The normalized spacial score (nSPS) is 12.9. The van der Waals surface area contributed by atoms with Crippen molar-refractivity contribution >= 4 is 21.4 Å². The first-order valence-corrected chi connectivity index (χ1v) is 9.22. The van der Waals surface area contributed by atoms with Gasteiger partial charge in [0.1, 0.15) is 5.75 Å². The van der Waals surface area contributed by atoms with Crippen LogP contribution in [0.2, 0.25) is 5.02 Å². The molecule has 0 aliphatic rings. The predicted octanol–water partition coefficient (Wildman–Crippen LogP) is 4.08. The van der Waals surface area contributed by atoms with Crippen LogP contribution in [0.3, 0.4) is 0 Å². The molecule has 0 aliphatic heterocycles. The Labute approximate surface area is 139 Å². The first-order valence-electron chi connectivity index (χ1n) is 6.95. The van der Waals surface area contributed by atoms with E-state index in [4.69, 9.17) is 22.1 Å². The van der Waals surface area contributed by atoms with Crippen LogP contribution in [0.25, 0.3) is 0 Å². The average Bonchev–Trinajstić information content (AvgIpc) is 2.50. The summed E-state index contributed by atoms with van der Waals surface area (Å²) in [5.41, 5.74) is 6.19. The lowest BCUT2D eigenvalue weighted by atomic mass is 10.0. The first-order chi connectivity index (χ1) is 10.7. The number of hydrogen-bond donors (Lipinski definition) is 1. The molecule has 0 unspecified atom stereocenters. The Morgan fingerprint density at radius 1 is 1.22 bits per heavy atom. The van der Waals surface area contributed by atoms with Crippen LogP contribution in [-0.2, 0) is 9.84 Å². The summed E-state index contributed by atoms with van der Waals surface area (Å²) in [6.45, 7) is 1.85. The van der Waals surface area contributed by atoms with Gasteiger partial charge in [-0.3, -0.25) is 0 Å². The van der Waals surface area contributed by atoms with E-state index >= 15 is 0 Å². The summed E-state index contributed by atoms with van der Waals surface area (Å²) < 4.78 is 42.9. The van der Waals surface area contributed by atoms with E-state index in [1.54, 1.807) is 0 Å². The van der Waals surface area contributed by atoms with E-state index in [2.05, 4.69) is 0 Å². The van der Waals surface area contributed by atoms with Crippen molar-refractivity contribution in [2.24, 2.45) is 5.73 Å². The summed E-state index contributed by atoms with van der Waals surface area (Å²) in [6.07, 6.45) is 1.68. The summed E-state index contributed by atoms with van der Waals surface area (Å²) in [7, 11) is -3.30. The van der Waals surface area contributed by atoms with E-state index in [-0.39, 0.29) is 21.4 Å². The second kappa shape index (κ2) is 6.86. The molecule has 1 atom stereocenters. The van der Waals surface area contributed by atoms with E-state index in [0.717, 1.165) is 6.26 Å². The van der Waals surface area contributed by atoms with Crippen molar-refractivity contribution in [2.75, 3.05) is 6.26 Å². The van der Waals surface area contributed by atoms with Gasteiger partial charge < -0.3 is 10.5 Å². The highest BCUT2D eigenvalue weighted by atomic mass is 35.5. The number of nitrogens with two attached hydrogens (primary N) is 1. The fourth-order valence-corrected chi connectivity index (χ4v) is 2.84. The van der Waals surface area contributed by atoms with Crippen LogP contribution in [-0.4, -0.2) is 14.7 Å². The second-order valence-electron chi connectivity index (χ2n) is 5.14. The topological polar surface area (TPSA) is 69.4 Å². The summed E-state index contributed by atoms with van der Waals surface area (Å²) in [5, 5.41) is 0.113. The number of ether oxygens (including phenoxy) is 1. The Hall–Kier alpha value is -1.63. The van der Waals surface area contributed by atoms with Crippen LogP contribution in [0.5, 0.6) is 11.5 Å². The molecule has 0 saturated carbocycles. The smallest absolute Gasteiger partial charge is 0.181 e. The molecule has 0 heterocycles. The zero-order chi connectivity index (χ0) is 17.2. The molecule has 0 amide bonds. The molecule has 0 bridgehead atoms. The van der Waals surface area contributed by atoms with Gasteiger partial charge in [0, 0.05) is 17.9 Å². The first kappa shape index (κ1) is 17.7. The number of benzene rings is 2. The van der Waals surface area contributed by atoms with E-state index in [9.17, 15) is 12.8 Å². The molecule has 0 aliphatic carbocycles. The second-order valence-corrected chi connectivity index (χ2v) is 7.56. The third-order valence-corrected chi connectivity index (χ3v) is 4.82. The third-order valence-electron chi connectivity index (χ3n) is 3.39. The molecule has 23 heavy (non-hydrogen) atoms. The lowest BCUT2D eigenvalue weighted by molar-refractivity contribution is 0.434. The molecule has 124 valence electrons. The number of sulfone groups is 1. The fourth-order valence-electron chi connectivity index (χ4n) is 2.02. The molecule has 0 aromatic heterocycles. The molecule has 0 fully saturated rings. The molecular weight excluding hydrogens is 341 g/mol. The van der Waals surface area contributed by atoms with Gasteiger partial charge in [0.2, 0.25) is 0 Å². The molecule has 2 rings (SSSR count). The molecule has 0 radical (unpaired) electrons. The van der Waals surface area contributed by atoms with Crippen LogP contribution in [0.15, 0.2) is 41.3 Å². The van der Waals surface area contributed by atoms with Gasteiger partial charge in [-0.1, -0.05) is 24.6 Å². The van der Waals surface area contributed by atoms with Crippen LogP contribution in [0.4, 0.5) is 4.39 Å². The Bertz CT molecular complexity index is 807. The molecular formula is C16H17ClFNO3S. The Morgan fingerprint density at radius 2 is 1.83 bits per heavy atom. The van der Waals surface area contributed by atoms with Crippen molar-refractivity contribution in [2.45, 2.75) is 24.3 Å². The molecule has 0 spiro atoms. The summed E-state index contributed by atoms with van der Waals surface area (Å²) in [5.74, 6) is -0.459. The van der Waals surface area contributed by atoms with Crippen LogP contribution in [0.1, 0.15) is 24.9 Å². The predicted molar refractivity (Wildman–Crippen MR) is 88.3 cm³/mol. The van der Waals surface area contributed by atoms with Gasteiger partial charge in [0.25, 0.3) is 0 Å². The highest BCUT2D eigenvalue weighted by Gasteiger charge is 2.18. The lowest BCUT2D eigenvalue weighted by Crippen LogP contribution is -2.11. The third kappa shape index (κ3) is 4.02. The van der Waals surface area contributed by atoms with Crippen molar-refractivity contribution in [3.8, 4) is 11.5 Å². The van der Waals surface area contributed by atoms with Crippen molar-refractivity contribution in [3.63, 3.8) is 0 Å². The van der Waals surface area contributed by atoms with Gasteiger partial charge in [0.05, 0.1) is 9.92 Å². The monoisotopic (exact) mass is 357 g/mol. The minimum absolute atomic E-state index is 0.113. The Kier molecular flexibility index (Phi) is 5.29. The van der Waals surface area contributed by atoms with Crippen molar-refractivity contribution in [1.29, 1.82) is 0 Å². The molecule has 2 N–H and O–H groups in total. The quantitative estimate of drug-likeness (QED) is 0.875. The minimum Gasteiger partial charge on any atom is -0.453 e.